The molecule has 3 N–H and O–H groups in total. The van der Waals surface area contributed by atoms with E-state index in [1.165, 1.54) is 0 Å². The Morgan fingerprint density at radius 3 is 2.88 bits per heavy atom. The zero-order valence-electron chi connectivity index (χ0n) is 9.20. The van der Waals surface area contributed by atoms with Crippen LogP contribution in [0.5, 0.6) is 0 Å². The summed E-state index contributed by atoms with van der Waals surface area (Å²) in [4.78, 5) is 11.5. The zero-order valence-corrected chi connectivity index (χ0v) is 9.20. The highest BCUT2D eigenvalue weighted by Gasteiger charge is 2.15. The van der Waals surface area contributed by atoms with Gasteiger partial charge in [-0.05, 0) is 18.5 Å². The van der Waals surface area contributed by atoms with E-state index < -0.39 is 0 Å². The third-order valence-electron chi connectivity index (χ3n) is 2.69. The molecule has 16 heavy (non-hydrogen) atoms. The predicted molar refractivity (Wildman–Crippen MR) is 63.1 cm³/mol. The molecule has 2 rings (SSSR count). The second kappa shape index (κ2) is 5.51. The van der Waals surface area contributed by atoms with Crippen molar-refractivity contribution in [2.24, 2.45) is 0 Å². The monoisotopic (exact) mass is 219 g/mol. The van der Waals surface area contributed by atoms with Gasteiger partial charge in [0, 0.05) is 19.1 Å². The lowest BCUT2D eigenvalue weighted by atomic mass is 10.2. The van der Waals surface area contributed by atoms with Crippen LogP contribution < -0.4 is 16.0 Å². The number of rotatable bonds is 3. The number of benzene rings is 1. The molecule has 1 fully saturated rings. The maximum absolute atomic E-state index is 11.5. The Labute approximate surface area is 95.4 Å². The molecule has 86 valence electrons. The van der Waals surface area contributed by atoms with Gasteiger partial charge in [-0.2, -0.15) is 0 Å². The molecule has 4 nitrogen and oxygen atoms in total. The number of hydrogen-bond acceptors (Lipinski definition) is 2. The van der Waals surface area contributed by atoms with Crippen molar-refractivity contribution in [3.05, 3.63) is 35.9 Å². The van der Waals surface area contributed by atoms with Crippen molar-refractivity contribution in [2.45, 2.75) is 19.0 Å². The third-order valence-corrected chi connectivity index (χ3v) is 2.69. The van der Waals surface area contributed by atoms with Gasteiger partial charge in [0.15, 0.2) is 0 Å². The van der Waals surface area contributed by atoms with Crippen LogP contribution in [-0.4, -0.2) is 25.2 Å². The first-order chi connectivity index (χ1) is 7.84. The van der Waals surface area contributed by atoms with E-state index >= 15 is 0 Å². The lowest BCUT2D eigenvalue weighted by Gasteiger charge is -2.12. The van der Waals surface area contributed by atoms with Crippen LogP contribution in [0.1, 0.15) is 12.0 Å². The van der Waals surface area contributed by atoms with E-state index in [1.54, 1.807) is 0 Å². The van der Waals surface area contributed by atoms with Crippen molar-refractivity contribution in [3.8, 4) is 0 Å². The molecule has 0 spiro atoms. The van der Waals surface area contributed by atoms with Crippen LogP contribution in [0.15, 0.2) is 30.3 Å². The normalized spacial score (nSPS) is 19.4. The smallest absolute Gasteiger partial charge is 0.315 e. The second-order valence-electron chi connectivity index (χ2n) is 4.00. The van der Waals surface area contributed by atoms with E-state index in [-0.39, 0.29) is 12.1 Å². The average Bonchev–Trinajstić information content (AvgIpc) is 2.81. The van der Waals surface area contributed by atoms with Crippen molar-refractivity contribution < 1.29 is 4.79 Å². The van der Waals surface area contributed by atoms with E-state index in [0.29, 0.717) is 6.54 Å². The number of carbonyl (C=O) groups excluding carboxylic acids is 1. The molecule has 1 aromatic rings. The van der Waals surface area contributed by atoms with Gasteiger partial charge >= 0.3 is 6.03 Å². The van der Waals surface area contributed by atoms with Crippen LogP contribution in [-0.2, 0) is 6.54 Å². The molecule has 0 radical (unpaired) electrons. The summed E-state index contributed by atoms with van der Waals surface area (Å²) in [6.07, 6.45) is 1.01. The summed E-state index contributed by atoms with van der Waals surface area (Å²) in [6, 6.07) is 10.1. The average molecular weight is 219 g/mol. The zero-order chi connectivity index (χ0) is 11.2. The van der Waals surface area contributed by atoms with Gasteiger partial charge in [0.1, 0.15) is 0 Å². The molecule has 1 aromatic carbocycles. The molecule has 1 saturated heterocycles. The van der Waals surface area contributed by atoms with E-state index in [9.17, 15) is 4.79 Å². The molecule has 1 atom stereocenters. The number of amides is 2. The number of urea groups is 1. The van der Waals surface area contributed by atoms with E-state index in [2.05, 4.69) is 16.0 Å². The molecule has 1 heterocycles. The molecule has 1 aliphatic rings. The summed E-state index contributed by atoms with van der Waals surface area (Å²) in [5, 5.41) is 8.99. The van der Waals surface area contributed by atoms with Gasteiger partial charge < -0.3 is 16.0 Å². The molecular weight excluding hydrogens is 202 g/mol. The van der Waals surface area contributed by atoms with Crippen molar-refractivity contribution in [3.63, 3.8) is 0 Å². The fourth-order valence-electron chi connectivity index (χ4n) is 1.79. The van der Waals surface area contributed by atoms with Crippen LogP contribution in [0.25, 0.3) is 0 Å². The second-order valence-corrected chi connectivity index (χ2v) is 4.00. The molecule has 0 aliphatic carbocycles. The highest BCUT2D eigenvalue weighted by atomic mass is 16.2. The van der Waals surface area contributed by atoms with Crippen LogP contribution in [0.3, 0.4) is 0 Å². The molecular formula is C12H17N3O. The number of nitrogens with one attached hydrogen (secondary N) is 3. The molecule has 1 unspecified atom stereocenters. The summed E-state index contributed by atoms with van der Waals surface area (Å²) in [6.45, 7) is 2.44. The van der Waals surface area contributed by atoms with Crippen LogP contribution in [0.4, 0.5) is 4.79 Å². The van der Waals surface area contributed by atoms with Gasteiger partial charge in [-0.25, -0.2) is 4.79 Å². The lowest BCUT2D eigenvalue weighted by Crippen LogP contribution is -2.42. The topological polar surface area (TPSA) is 53.2 Å². The van der Waals surface area contributed by atoms with Crippen molar-refractivity contribution in [1.29, 1.82) is 0 Å². The third kappa shape index (κ3) is 3.24. The van der Waals surface area contributed by atoms with Crippen LogP contribution in [0, 0.1) is 0 Å². The SMILES string of the molecule is O=C(NCc1ccccc1)NC1CCNC1. The molecule has 0 aromatic heterocycles. The number of hydrogen-bond donors (Lipinski definition) is 3. The molecule has 4 heteroatoms. The first-order valence-corrected chi connectivity index (χ1v) is 5.63. The largest absolute Gasteiger partial charge is 0.334 e. The molecule has 1 aliphatic heterocycles. The minimum Gasteiger partial charge on any atom is -0.334 e. The van der Waals surface area contributed by atoms with Gasteiger partial charge in [0.25, 0.3) is 0 Å². The quantitative estimate of drug-likeness (QED) is 0.706. The van der Waals surface area contributed by atoms with E-state index in [0.717, 1.165) is 25.1 Å². The van der Waals surface area contributed by atoms with Gasteiger partial charge in [0.05, 0.1) is 0 Å². The Bertz CT molecular complexity index is 333. The van der Waals surface area contributed by atoms with Gasteiger partial charge in [-0.15, -0.1) is 0 Å². The van der Waals surface area contributed by atoms with Crippen molar-refractivity contribution in [1.82, 2.24) is 16.0 Å². The predicted octanol–water partition coefficient (Wildman–Crippen LogP) is 0.848. The van der Waals surface area contributed by atoms with Crippen LogP contribution >= 0.6 is 0 Å². The fraction of sp³-hybridized carbons (Fsp3) is 0.417. The first kappa shape index (κ1) is 11.0. The summed E-state index contributed by atoms with van der Waals surface area (Å²) >= 11 is 0. The maximum Gasteiger partial charge on any atom is 0.315 e. The van der Waals surface area contributed by atoms with E-state index in [4.69, 9.17) is 0 Å². The Kier molecular flexibility index (Phi) is 3.77. The Balaban J connectivity index is 1.71. The minimum atomic E-state index is -0.0856. The fourth-order valence-corrected chi connectivity index (χ4v) is 1.79. The standard InChI is InChI=1S/C12H17N3O/c16-12(15-11-6-7-13-9-11)14-8-10-4-2-1-3-5-10/h1-5,11,13H,6-9H2,(H2,14,15,16). The molecule has 0 bridgehead atoms. The highest BCUT2D eigenvalue weighted by Crippen LogP contribution is 1.98. The highest BCUT2D eigenvalue weighted by molar-refractivity contribution is 5.74. The summed E-state index contributed by atoms with van der Waals surface area (Å²) in [5.74, 6) is 0. The lowest BCUT2D eigenvalue weighted by molar-refractivity contribution is 0.237. The molecule has 0 saturated carbocycles. The first-order valence-electron chi connectivity index (χ1n) is 5.63. The van der Waals surface area contributed by atoms with E-state index in [1.807, 2.05) is 30.3 Å². The maximum atomic E-state index is 11.5. The Hall–Kier alpha value is -1.55. The summed E-state index contributed by atoms with van der Waals surface area (Å²) in [7, 11) is 0. The summed E-state index contributed by atoms with van der Waals surface area (Å²) in [5.41, 5.74) is 1.11. The van der Waals surface area contributed by atoms with Gasteiger partial charge in [0.2, 0.25) is 0 Å². The van der Waals surface area contributed by atoms with Gasteiger partial charge in [-0.3, -0.25) is 0 Å². The van der Waals surface area contributed by atoms with Crippen molar-refractivity contribution >= 4 is 6.03 Å². The minimum absolute atomic E-state index is 0.0856. The van der Waals surface area contributed by atoms with Gasteiger partial charge in [-0.1, -0.05) is 30.3 Å². The van der Waals surface area contributed by atoms with Crippen molar-refractivity contribution in [2.75, 3.05) is 13.1 Å². The summed E-state index contributed by atoms with van der Waals surface area (Å²) < 4.78 is 0. The molecule has 2 amide bonds. The number of carbonyl (C=O) groups is 1. The Morgan fingerprint density at radius 1 is 1.38 bits per heavy atom. The van der Waals surface area contributed by atoms with Crippen LogP contribution in [0.2, 0.25) is 0 Å². The Morgan fingerprint density at radius 2 is 2.19 bits per heavy atom.